The molecule has 2 rings (SSSR count). The molecule has 0 saturated carbocycles. The Morgan fingerprint density at radius 2 is 2.11 bits per heavy atom. The maximum absolute atomic E-state index is 5.78. The van der Waals surface area contributed by atoms with Crippen LogP contribution >= 0.6 is 0 Å². The normalized spacial score (nSPS) is 11.1. The molecule has 0 fully saturated rings. The second-order valence-corrected chi connectivity index (χ2v) is 4.77. The number of anilines is 1. The van der Waals surface area contributed by atoms with Gasteiger partial charge in [-0.15, -0.1) is 0 Å². The second kappa shape index (κ2) is 5.69. The van der Waals surface area contributed by atoms with Gasteiger partial charge in [0.2, 0.25) is 0 Å². The number of nitrogen functional groups attached to an aromatic ring is 1. The van der Waals surface area contributed by atoms with Crippen molar-refractivity contribution in [2.45, 2.75) is 13.0 Å². The Balaban J connectivity index is 2.02. The molecule has 4 heteroatoms. The molecule has 2 aromatic rings. The van der Waals surface area contributed by atoms with Crippen LogP contribution in [-0.2, 0) is 6.54 Å². The van der Waals surface area contributed by atoms with Gasteiger partial charge in [-0.2, -0.15) is 5.10 Å². The van der Waals surface area contributed by atoms with E-state index in [1.54, 1.807) is 0 Å². The maximum Gasteiger partial charge on any atom is 0.0568 e. The highest BCUT2D eigenvalue weighted by Gasteiger charge is 2.02. The van der Waals surface area contributed by atoms with E-state index >= 15 is 0 Å². The molecule has 2 N–H and O–H groups in total. The first-order valence-corrected chi connectivity index (χ1v) is 6.18. The van der Waals surface area contributed by atoms with Gasteiger partial charge in [-0.25, -0.2) is 0 Å². The number of nitrogens with two attached hydrogens (primary N) is 1. The summed E-state index contributed by atoms with van der Waals surface area (Å²) in [7, 11) is 4.17. The van der Waals surface area contributed by atoms with Gasteiger partial charge in [0, 0.05) is 24.0 Å². The SMILES string of the molecule is CN(C)CCCn1cc(-c2cccc(N)c2)cn1. The first-order valence-electron chi connectivity index (χ1n) is 6.18. The summed E-state index contributed by atoms with van der Waals surface area (Å²) < 4.78 is 1.99. The van der Waals surface area contributed by atoms with Crippen molar-refractivity contribution >= 4 is 5.69 Å². The minimum atomic E-state index is 0.785. The summed E-state index contributed by atoms with van der Waals surface area (Å²) in [6.07, 6.45) is 5.07. The standard InChI is InChI=1S/C14H20N4/c1-17(2)7-4-8-18-11-13(10-16-18)12-5-3-6-14(15)9-12/h3,5-6,9-11H,4,7-8,15H2,1-2H3. The van der Waals surface area contributed by atoms with E-state index in [-0.39, 0.29) is 0 Å². The van der Waals surface area contributed by atoms with Crippen LogP contribution in [0, 0.1) is 0 Å². The number of nitrogens with zero attached hydrogens (tertiary/aromatic N) is 3. The topological polar surface area (TPSA) is 47.1 Å². The van der Waals surface area contributed by atoms with E-state index in [0.29, 0.717) is 0 Å². The first-order chi connectivity index (χ1) is 8.65. The van der Waals surface area contributed by atoms with Crippen LogP contribution in [0.2, 0.25) is 0 Å². The molecule has 18 heavy (non-hydrogen) atoms. The van der Waals surface area contributed by atoms with Crippen LogP contribution in [0.3, 0.4) is 0 Å². The van der Waals surface area contributed by atoms with Crippen LogP contribution in [0.25, 0.3) is 11.1 Å². The molecule has 0 aliphatic carbocycles. The van der Waals surface area contributed by atoms with Gasteiger partial charge in [-0.05, 0) is 44.8 Å². The van der Waals surface area contributed by atoms with Crippen molar-refractivity contribution in [3.05, 3.63) is 36.7 Å². The maximum atomic E-state index is 5.78. The smallest absolute Gasteiger partial charge is 0.0568 e. The van der Waals surface area contributed by atoms with Gasteiger partial charge in [0.05, 0.1) is 6.20 Å². The molecule has 4 nitrogen and oxygen atoms in total. The number of benzene rings is 1. The molecule has 96 valence electrons. The summed E-state index contributed by atoms with van der Waals surface area (Å²) in [6.45, 7) is 2.02. The molecule has 0 atom stereocenters. The highest BCUT2D eigenvalue weighted by molar-refractivity contribution is 5.65. The number of rotatable bonds is 5. The fourth-order valence-electron chi connectivity index (χ4n) is 1.90. The second-order valence-electron chi connectivity index (χ2n) is 4.77. The van der Waals surface area contributed by atoms with E-state index in [9.17, 15) is 0 Å². The molecule has 0 aliphatic rings. The number of aryl methyl sites for hydroxylation is 1. The van der Waals surface area contributed by atoms with Crippen LogP contribution in [0.15, 0.2) is 36.7 Å². The molecule has 0 spiro atoms. The first kappa shape index (κ1) is 12.6. The summed E-state index contributed by atoms with van der Waals surface area (Å²) in [5.41, 5.74) is 8.81. The zero-order chi connectivity index (χ0) is 13.0. The average molecular weight is 244 g/mol. The zero-order valence-corrected chi connectivity index (χ0v) is 11.0. The summed E-state index contributed by atoms with van der Waals surface area (Å²) in [6, 6.07) is 7.89. The Morgan fingerprint density at radius 1 is 1.28 bits per heavy atom. The number of aromatic nitrogens is 2. The van der Waals surface area contributed by atoms with E-state index in [2.05, 4.69) is 36.4 Å². The van der Waals surface area contributed by atoms with Gasteiger partial charge in [-0.1, -0.05) is 12.1 Å². The third kappa shape index (κ3) is 3.34. The van der Waals surface area contributed by atoms with Gasteiger partial charge < -0.3 is 10.6 Å². The Morgan fingerprint density at radius 3 is 2.83 bits per heavy atom. The average Bonchev–Trinajstić information content (AvgIpc) is 2.77. The Labute approximate surface area is 108 Å². The van der Waals surface area contributed by atoms with Crippen molar-refractivity contribution in [3.8, 4) is 11.1 Å². The van der Waals surface area contributed by atoms with Crippen molar-refractivity contribution in [2.24, 2.45) is 0 Å². The van der Waals surface area contributed by atoms with Crippen molar-refractivity contribution in [3.63, 3.8) is 0 Å². The van der Waals surface area contributed by atoms with E-state index in [4.69, 9.17) is 5.73 Å². The van der Waals surface area contributed by atoms with E-state index in [1.807, 2.05) is 29.1 Å². The van der Waals surface area contributed by atoms with Crippen molar-refractivity contribution in [2.75, 3.05) is 26.4 Å². The van der Waals surface area contributed by atoms with Crippen molar-refractivity contribution in [1.82, 2.24) is 14.7 Å². The van der Waals surface area contributed by atoms with Gasteiger partial charge in [-0.3, -0.25) is 4.68 Å². The van der Waals surface area contributed by atoms with Crippen LogP contribution in [0.4, 0.5) is 5.69 Å². The Kier molecular flexibility index (Phi) is 3.99. The molecule has 0 radical (unpaired) electrons. The van der Waals surface area contributed by atoms with Crippen molar-refractivity contribution in [1.29, 1.82) is 0 Å². The third-order valence-corrected chi connectivity index (χ3v) is 2.85. The van der Waals surface area contributed by atoms with Crippen LogP contribution < -0.4 is 5.73 Å². The molecule has 0 bridgehead atoms. The fraction of sp³-hybridized carbons (Fsp3) is 0.357. The molecule has 1 heterocycles. The Bertz CT molecular complexity index is 502. The monoisotopic (exact) mass is 244 g/mol. The van der Waals surface area contributed by atoms with Gasteiger partial charge in [0.1, 0.15) is 0 Å². The quantitative estimate of drug-likeness (QED) is 0.819. The molecular weight excluding hydrogens is 224 g/mol. The van der Waals surface area contributed by atoms with Crippen LogP contribution in [-0.4, -0.2) is 35.3 Å². The predicted molar refractivity (Wildman–Crippen MR) is 75.2 cm³/mol. The van der Waals surface area contributed by atoms with Gasteiger partial charge in [0.25, 0.3) is 0 Å². The minimum Gasteiger partial charge on any atom is -0.399 e. The van der Waals surface area contributed by atoms with Gasteiger partial charge in [0.15, 0.2) is 0 Å². The molecule has 1 aromatic heterocycles. The number of hydrogen-bond acceptors (Lipinski definition) is 3. The molecule has 1 aromatic carbocycles. The molecule has 0 unspecified atom stereocenters. The van der Waals surface area contributed by atoms with Crippen LogP contribution in [0.1, 0.15) is 6.42 Å². The molecular formula is C14H20N4. The lowest BCUT2D eigenvalue weighted by Crippen LogP contribution is -2.15. The predicted octanol–water partition coefficient (Wildman–Crippen LogP) is 2.08. The molecule has 0 aliphatic heterocycles. The van der Waals surface area contributed by atoms with E-state index in [1.165, 1.54) is 0 Å². The highest BCUT2D eigenvalue weighted by Crippen LogP contribution is 2.20. The van der Waals surface area contributed by atoms with Crippen molar-refractivity contribution < 1.29 is 0 Å². The van der Waals surface area contributed by atoms with E-state index in [0.717, 1.165) is 36.3 Å². The Hall–Kier alpha value is -1.81. The third-order valence-electron chi connectivity index (χ3n) is 2.85. The van der Waals surface area contributed by atoms with Crippen LogP contribution in [0.5, 0.6) is 0 Å². The molecule has 0 saturated heterocycles. The summed E-state index contributed by atoms with van der Waals surface area (Å²) in [5.74, 6) is 0. The minimum absolute atomic E-state index is 0.785. The number of hydrogen-bond donors (Lipinski definition) is 1. The lowest BCUT2D eigenvalue weighted by atomic mass is 10.1. The fourth-order valence-corrected chi connectivity index (χ4v) is 1.90. The van der Waals surface area contributed by atoms with E-state index < -0.39 is 0 Å². The lowest BCUT2D eigenvalue weighted by Gasteiger charge is -2.08. The largest absolute Gasteiger partial charge is 0.399 e. The zero-order valence-electron chi connectivity index (χ0n) is 11.0. The lowest BCUT2D eigenvalue weighted by molar-refractivity contribution is 0.380. The van der Waals surface area contributed by atoms with Gasteiger partial charge >= 0.3 is 0 Å². The summed E-state index contributed by atoms with van der Waals surface area (Å²) in [5, 5.41) is 4.38. The molecule has 0 amide bonds. The highest BCUT2D eigenvalue weighted by atomic mass is 15.3. The summed E-state index contributed by atoms with van der Waals surface area (Å²) >= 11 is 0. The summed E-state index contributed by atoms with van der Waals surface area (Å²) in [4.78, 5) is 2.18.